The maximum absolute atomic E-state index is 13.1. The molecule has 0 aliphatic heterocycles. The van der Waals surface area contributed by atoms with Gasteiger partial charge in [0.15, 0.2) is 0 Å². The summed E-state index contributed by atoms with van der Waals surface area (Å²) < 4.78 is 6.38. The predicted molar refractivity (Wildman–Crippen MR) is 186 cm³/mol. The summed E-state index contributed by atoms with van der Waals surface area (Å²) in [4.78, 5) is 13.1. The summed E-state index contributed by atoms with van der Waals surface area (Å²) in [6.45, 7) is 23.1. The highest BCUT2D eigenvalue weighted by Crippen LogP contribution is 2.75. The fourth-order valence-corrected chi connectivity index (χ4v) is 12.8. The Bertz CT molecular complexity index is 1040. The molecular weight excluding hydrogens is 536 g/mol. The minimum atomic E-state index is 0.0336. The molecule has 0 aromatic heterocycles. The zero-order chi connectivity index (χ0) is 32.0. The number of esters is 1. The van der Waals surface area contributed by atoms with Gasteiger partial charge in [0.2, 0.25) is 0 Å². The van der Waals surface area contributed by atoms with Gasteiger partial charge in [-0.15, -0.1) is 0 Å². The zero-order valence-electron chi connectivity index (χ0n) is 30.8. The van der Waals surface area contributed by atoms with Crippen LogP contribution in [0, 0.1) is 56.7 Å². The number of carbonyl (C=O) groups excluding carboxylic acids is 1. The quantitative estimate of drug-likeness (QED) is 0.132. The van der Waals surface area contributed by atoms with Crippen LogP contribution < -0.4 is 0 Å². The van der Waals surface area contributed by atoms with Crippen LogP contribution in [-0.4, -0.2) is 12.1 Å². The van der Waals surface area contributed by atoms with Crippen molar-refractivity contribution in [2.24, 2.45) is 56.7 Å². The van der Waals surface area contributed by atoms with E-state index in [9.17, 15) is 4.79 Å². The van der Waals surface area contributed by atoms with Gasteiger partial charge in [0.05, 0.1) is 0 Å². The Balaban J connectivity index is 1.23. The molecule has 0 amide bonds. The molecular formula is C42H72O2. The maximum atomic E-state index is 13.1. The van der Waals surface area contributed by atoms with Crippen molar-refractivity contribution in [3.05, 3.63) is 11.6 Å². The number of hydrogen-bond acceptors (Lipinski definition) is 2. The minimum Gasteiger partial charge on any atom is -0.462 e. The number of hydrogen-bond donors (Lipinski definition) is 0. The number of ether oxygens (including phenoxy) is 1. The molecule has 0 heterocycles. The van der Waals surface area contributed by atoms with Gasteiger partial charge >= 0.3 is 5.97 Å². The molecule has 5 aliphatic rings. The topological polar surface area (TPSA) is 26.3 Å². The molecule has 44 heavy (non-hydrogen) atoms. The van der Waals surface area contributed by atoms with Crippen LogP contribution in [0.3, 0.4) is 0 Å². The number of rotatable bonds is 11. The summed E-state index contributed by atoms with van der Waals surface area (Å²) in [5, 5.41) is 0. The van der Waals surface area contributed by atoms with E-state index in [4.69, 9.17) is 4.74 Å². The molecule has 0 saturated heterocycles. The normalized spacial score (nSPS) is 44.4. The average molecular weight is 609 g/mol. The van der Waals surface area contributed by atoms with Crippen molar-refractivity contribution >= 4 is 5.97 Å². The fourth-order valence-electron chi connectivity index (χ4n) is 12.8. The minimum absolute atomic E-state index is 0.0336. The van der Waals surface area contributed by atoms with Crippen molar-refractivity contribution in [2.45, 2.75) is 190 Å². The smallest absolute Gasteiger partial charge is 0.306 e. The van der Waals surface area contributed by atoms with Gasteiger partial charge in [0, 0.05) is 11.8 Å². The average Bonchev–Trinajstić information content (AvgIpc) is 2.96. The third-order valence-electron chi connectivity index (χ3n) is 16.1. The van der Waals surface area contributed by atoms with E-state index < -0.39 is 0 Å². The van der Waals surface area contributed by atoms with Gasteiger partial charge < -0.3 is 4.74 Å². The van der Waals surface area contributed by atoms with Gasteiger partial charge in [-0.25, -0.2) is 0 Å². The first kappa shape index (κ1) is 34.5. The second-order valence-corrected chi connectivity index (χ2v) is 18.7. The molecule has 0 N–H and O–H groups in total. The summed E-state index contributed by atoms with van der Waals surface area (Å²) in [7, 11) is 0. The first-order valence-corrected chi connectivity index (χ1v) is 19.6. The Kier molecular flexibility index (Phi) is 10.2. The van der Waals surface area contributed by atoms with E-state index in [1.165, 1.54) is 103 Å². The van der Waals surface area contributed by atoms with Crippen molar-refractivity contribution in [1.29, 1.82) is 0 Å². The van der Waals surface area contributed by atoms with Gasteiger partial charge in [-0.2, -0.15) is 0 Å². The lowest BCUT2D eigenvalue weighted by Gasteiger charge is -2.71. The molecule has 0 unspecified atom stereocenters. The highest BCUT2D eigenvalue weighted by atomic mass is 16.5. The predicted octanol–water partition coefficient (Wildman–Crippen LogP) is 12.5. The second kappa shape index (κ2) is 13.0. The largest absolute Gasteiger partial charge is 0.462 e. The highest BCUT2D eigenvalue weighted by molar-refractivity contribution is 5.69. The van der Waals surface area contributed by atoms with Crippen LogP contribution in [0.1, 0.15) is 184 Å². The Morgan fingerprint density at radius 2 is 1.43 bits per heavy atom. The second-order valence-electron chi connectivity index (χ2n) is 18.7. The lowest BCUT2D eigenvalue weighted by Crippen LogP contribution is -2.65. The third kappa shape index (κ3) is 5.80. The van der Waals surface area contributed by atoms with E-state index in [1.807, 2.05) is 5.57 Å². The maximum Gasteiger partial charge on any atom is 0.306 e. The standard InChI is InChI=1S/C42H72O2/c1-10-11-12-13-14-15-16-17-18-19-36(43)44-35-24-26-40(7)33(38(35,4)5)23-27-42(9)34(40)21-20-32-37-31(3)30(2)22-25-39(37,6)28-29-41(32,42)8/h20,30-31,33-35,37H,10-19,21-29H2,1-9H3/t30-,31+,33+,34-,35+,37+,39-,40+,41-,42-/m1/s1. The lowest BCUT2D eigenvalue weighted by atomic mass is 9.33. The molecule has 0 aromatic rings. The van der Waals surface area contributed by atoms with Crippen LogP contribution in [0.4, 0.5) is 0 Å². The van der Waals surface area contributed by atoms with Gasteiger partial charge in [-0.05, 0) is 115 Å². The first-order chi connectivity index (χ1) is 20.7. The van der Waals surface area contributed by atoms with E-state index >= 15 is 0 Å². The number of allylic oxidation sites excluding steroid dienone is 2. The van der Waals surface area contributed by atoms with Gasteiger partial charge in [0.25, 0.3) is 0 Å². The summed E-state index contributed by atoms with van der Waals surface area (Å²) in [6, 6.07) is 0. The molecule has 5 rings (SSSR count). The van der Waals surface area contributed by atoms with Crippen LogP contribution in [0.25, 0.3) is 0 Å². The van der Waals surface area contributed by atoms with E-state index in [-0.39, 0.29) is 17.5 Å². The van der Waals surface area contributed by atoms with E-state index in [1.54, 1.807) is 0 Å². The molecule has 2 heteroatoms. The Labute approximate surface area is 273 Å². The summed E-state index contributed by atoms with van der Waals surface area (Å²) in [5.74, 6) is 3.81. The molecule has 2 nitrogen and oxygen atoms in total. The summed E-state index contributed by atoms with van der Waals surface area (Å²) in [5.41, 5.74) is 3.41. The van der Waals surface area contributed by atoms with Crippen molar-refractivity contribution in [3.8, 4) is 0 Å². The van der Waals surface area contributed by atoms with Gasteiger partial charge in [0.1, 0.15) is 6.10 Å². The molecule has 252 valence electrons. The van der Waals surface area contributed by atoms with E-state index in [0.29, 0.717) is 34.0 Å². The Morgan fingerprint density at radius 1 is 0.773 bits per heavy atom. The van der Waals surface area contributed by atoms with Crippen LogP contribution in [0.15, 0.2) is 11.6 Å². The fraction of sp³-hybridized carbons (Fsp3) is 0.929. The Hall–Kier alpha value is -0.790. The highest BCUT2D eigenvalue weighted by Gasteiger charge is 2.68. The SMILES string of the molecule is CCCCCCCCCCCC(=O)O[C@H]1CC[C@]2(C)[C@H]3CC=C4[C@@H]5[C@@H](C)[C@H](C)CC[C@]5(C)CC[C@@]4(C)[C@]3(C)CC[C@H]2C1(C)C. The third-order valence-corrected chi connectivity index (χ3v) is 16.1. The van der Waals surface area contributed by atoms with Crippen LogP contribution in [0.5, 0.6) is 0 Å². The Morgan fingerprint density at radius 3 is 2.11 bits per heavy atom. The lowest BCUT2D eigenvalue weighted by molar-refractivity contribution is -0.213. The van der Waals surface area contributed by atoms with Crippen molar-refractivity contribution < 1.29 is 9.53 Å². The summed E-state index contributed by atoms with van der Waals surface area (Å²) >= 11 is 0. The molecule has 10 atom stereocenters. The van der Waals surface area contributed by atoms with Gasteiger partial charge in [-0.3, -0.25) is 4.79 Å². The molecule has 0 spiro atoms. The van der Waals surface area contributed by atoms with E-state index in [0.717, 1.165) is 36.5 Å². The van der Waals surface area contributed by atoms with Crippen molar-refractivity contribution in [3.63, 3.8) is 0 Å². The van der Waals surface area contributed by atoms with E-state index in [2.05, 4.69) is 68.4 Å². The molecule has 5 aliphatic carbocycles. The first-order valence-electron chi connectivity index (χ1n) is 19.6. The monoisotopic (exact) mass is 609 g/mol. The van der Waals surface area contributed by atoms with Crippen LogP contribution in [0.2, 0.25) is 0 Å². The molecule has 4 fully saturated rings. The van der Waals surface area contributed by atoms with Crippen LogP contribution >= 0.6 is 0 Å². The molecule has 0 bridgehead atoms. The molecule has 0 aromatic carbocycles. The molecule has 4 saturated carbocycles. The number of unbranched alkanes of at least 4 members (excludes halogenated alkanes) is 8. The van der Waals surface area contributed by atoms with Crippen LogP contribution in [-0.2, 0) is 9.53 Å². The van der Waals surface area contributed by atoms with Gasteiger partial charge in [-0.1, -0.05) is 125 Å². The summed E-state index contributed by atoms with van der Waals surface area (Å²) in [6.07, 6.45) is 26.8. The number of fused-ring (bicyclic) bond motifs is 7. The van der Waals surface area contributed by atoms with Crippen molar-refractivity contribution in [1.82, 2.24) is 0 Å². The number of carbonyl (C=O) groups is 1. The van der Waals surface area contributed by atoms with Crippen molar-refractivity contribution in [2.75, 3.05) is 0 Å². The zero-order valence-corrected chi connectivity index (χ0v) is 30.8. The molecule has 0 radical (unpaired) electrons.